The molecule has 1 aromatic heterocycles. The lowest BCUT2D eigenvalue weighted by molar-refractivity contribution is -0.121. The van der Waals surface area contributed by atoms with Gasteiger partial charge in [0.25, 0.3) is 0 Å². The number of ether oxygens (including phenoxy) is 1. The van der Waals surface area contributed by atoms with E-state index >= 15 is 0 Å². The molecule has 2 N–H and O–H groups in total. The second-order valence-electron chi connectivity index (χ2n) is 5.13. The SMILES string of the molecule is CCC(C)NC(=O)CCNCc1sc(N(C)C)nc1OC. The highest BCUT2D eigenvalue weighted by Crippen LogP contribution is 2.30. The van der Waals surface area contributed by atoms with E-state index in [4.69, 9.17) is 4.74 Å². The van der Waals surface area contributed by atoms with Crippen LogP contribution in [-0.2, 0) is 11.3 Å². The highest BCUT2D eigenvalue weighted by molar-refractivity contribution is 7.15. The second kappa shape index (κ2) is 8.84. The second-order valence-corrected chi connectivity index (χ2v) is 6.19. The van der Waals surface area contributed by atoms with E-state index in [0.29, 0.717) is 25.4 Å². The predicted octanol–water partition coefficient (Wildman–Crippen LogP) is 1.61. The fourth-order valence-electron chi connectivity index (χ4n) is 1.64. The first kappa shape index (κ1) is 17.7. The zero-order valence-electron chi connectivity index (χ0n) is 13.5. The molecule has 0 aliphatic carbocycles. The topological polar surface area (TPSA) is 66.5 Å². The molecule has 0 saturated heterocycles. The molecule has 21 heavy (non-hydrogen) atoms. The third-order valence-electron chi connectivity index (χ3n) is 3.06. The molecule has 0 saturated carbocycles. The van der Waals surface area contributed by atoms with E-state index in [1.807, 2.05) is 25.9 Å². The maximum absolute atomic E-state index is 11.6. The summed E-state index contributed by atoms with van der Waals surface area (Å²) in [5.41, 5.74) is 0. The van der Waals surface area contributed by atoms with Gasteiger partial charge in [-0.05, 0) is 13.3 Å². The van der Waals surface area contributed by atoms with Crippen LogP contribution in [0.5, 0.6) is 5.88 Å². The first-order valence-electron chi connectivity index (χ1n) is 7.19. The van der Waals surface area contributed by atoms with Crippen molar-refractivity contribution >= 4 is 22.4 Å². The van der Waals surface area contributed by atoms with Gasteiger partial charge in [0, 0.05) is 39.6 Å². The summed E-state index contributed by atoms with van der Waals surface area (Å²) in [5.74, 6) is 0.738. The minimum absolute atomic E-state index is 0.0853. The van der Waals surface area contributed by atoms with Crippen LogP contribution in [0.15, 0.2) is 0 Å². The lowest BCUT2D eigenvalue weighted by Gasteiger charge is -2.11. The Labute approximate surface area is 130 Å². The monoisotopic (exact) mass is 314 g/mol. The minimum atomic E-state index is 0.0853. The van der Waals surface area contributed by atoms with E-state index in [2.05, 4.69) is 22.5 Å². The quantitative estimate of drug-likeness (QED) is 0.678. The summed E-state index contributed by atoms with van der Waals surface area (Å²) < 4.78 is 5.27. The summed E-state index contributed by atoms with van der Waals surface area (Å²) in [4.78, 5) is 19.0. The van der Waals surface area contributed by atoms with Crippen molar-refractivity contribution in [2.24, 2.45) is 0 Å². The number of aromatic nitrogens is 1. The van der Waals surface area contributed by atoms with E-state index in [0.717, 1.165) is 16.4 Å². The number of carbonyl (C=O) groups is 1. The van der Waals surface area contributed by atoms with Gasteiger partial charge in [-0.15, -0.1) is 0 Å². The van der Waals surface area contributed by atoms with Gasteiger partial charge in [0.1, 0.15) is 0 Å². The number of nitrogens with one attached hydrogen (secondary N) is 2. The fraction of sp³-hybridized carbons (Fsp3) is 0.714. The first-order valence-corrected chi connectivity index (χ1v) is 8.00. The molecule has 1 heterocycles. The van der Waals surface area contributed by atoms with Gasteiger partial charge in [-0.1, -0.05) is 18.3 Å². The van der Waals surface area contributed by atoms with Crippen molar-refractivity contribution in [3.8, 4) is 5.88 Å². The van der Waals surface area contributed by atoms with Crippen LogP contribution in [0.3, 0.4) is 0 Å². The van der Waals surface area contributed by atoms with Gasteiger partial charge in [0.2, 0.25) is 11.8 Å². The van der Waals surface area contributed by atoms with Gasteiger partial charge in [0.05, 0.1) is 12.0 Å². The molecule has 0 aromatic carbocycles. The van der Waals surface area contributed by atoms with Crippen LogP contribution >= 0.6 is 11.3 Å². The Kier molecular flexibility index (Phi) is 7.45. The molecule has 7 heteroatoms. The van der Waals surface area contributed by atoms with Crippen LogP contribution in [0, 0.1) is 0 Å². The molecule has 1 atom stereocenters. The normalized spacial score (nSPS) is 12.0. The summed E-state index contributed by atoms with van der Waals surface area (Å²) in [6.07, 6.45) is 1.43. The Morgan fingerprint density at radius 3 is 2.76 bits per heavy atom. The average molecular weight is 314 g/mol. The number of carbonyl (C=O) groups excluding carboxylic acids is 1. The van der Waals surface area contributed by atoms with Crippen LogP contribution in [0.4, 0.5) is 5.13 Å². The molecular formula is C14H26N4O2S. The molecule has 1 amide bonds. The van der Waals surface area contributed by atoms with E-state index in [9.17, 15) is 4.79 Å². The smallest absolute Gasteiger partial charge is 0.230 e. The van der Waals surface area contributed by atoms with Crippen molar-refractivity contribution in [2.75, 3.05) is 32.6 Å². The summed E-state index contributed by atoms with van der Waals surface area (Å²) in [7, 11) is 5.53. The van der Waals surface area contributed by atoms with Crippen LogP contribution in [-0.4, -0.2) is 44.7 Å². The molecule has 0 aliphatic heterocycles. The first-order chi connectivity index (χ1) is 9.97. The van der Waals surface area contributed by atoms with Gasteiger partial charge in [-0.3, -0.25) is 4.79 Å². The lowest BCUT2D eigenvalue weighted by atomic mass is 10.2. The Morgan fingerprint density at radius 1 is 1.48 bits per heavy atom. The van der Waals surface area contributed by atoms with Gasteiger partial charge in [-0.2, -0.15) is 4.98 Å². The molecule has 1 rings (SSSR count). The Hall–Kier alpha value is -1.34. The zero-order valence-corrected chi connectivity index (χ0v) is 14.3. The van der Waals surface area contributed by atoms with Crippen molar-refractivity contribution < 1.29 is 9.53 Å². The highest BCUT2D eigenvalue weighted by atomic mass is 32.1. The van der Waals surface area contributed by atoms with E-state index < -0.39 is 0 Å². The number of amides is 1. The molecule has 0 aliphatic rings. The lowest BCUT2D eigenvalue weighted by Crippen LogP contribution is -2.33. The molecular weight excluding hydrogens is 288 g/mol. The maximum Gasteiger partial charge on any atom is 0.230 e. The molecule has 1 unspecified atom stereocenters. The molecule has 6 nitrogen and oxygen atoms in total. The number of thiazole rings is 1. The summed E-state index contributed by atoms with van der Waals surface area (Å²) in [6, 6.07) is 0.238. The van der Waals surface area contributed by atoms with Crippen LogP contribution < -0.4 is 20.3 Å². The van der Waals surface area contributed by atoms with Crippen molar-refractivity contribution in [3.05, 3.63) is 4.88 Å². The van der Waals surface area contributed by atoms with Crippen molar-refractivity contribution in [2.45, 2.75) is 39.3 Å². The molecule has 1 aromatic rings. The molecule has 120 valence electrons. The summed E-state index contributed by atoms with van der Waals surface area (Å²) in [5, 5.41) is 7.13. The Balaban J connectivity index is 2.37. The van der Waals surface area contributed by atoms with Crippen LogP contribution in [0.25, 0.3) is 0 Å². The van der Waals surface area contributed by atoms with Crippen molar-refractivity contribution in [1.29, 1.82) is 0 Å². The minimum Gasteiger partial charge on any atom is -0.480 e. The Morgan fingerprint density at radius 2 is 2.19 bits per heavy atom. The maximum atomic E-state index is 11.6. The third-order valence-corrected chi connectivity index (χ3v) is 4.26. The van der Waals surface area contributed by atoms with Gasteiger partial charge in [-0.25, -0.2) is 0 Å². The van der Waals surface area contributed by atoms with E-state index in [1.54, 1.807) is 18.4 Å². The number of nitrogens with zero attached hydrogens (tertiary/aromatic N) is 2. The number of anilines is 1. The number of hydrogen-bond donors (Lipinski definition) is 2. The molecule has 0 spiro atoms. The standard InChI is InChI=1S/C14H26N4O2S/c1-6-10(2)16-12(19)7-8-15-9-11-13(20-5)17-14(21-11)18(3)4/h10,15H,6-9H2,1-5H3,(H,16,19). The fourth-order valence-corrected chi connectivity index (χ4v) is 2.56. The number of hydrogen-bond acceptors (Lipinski definition) is 6. The number of methoxy groups -OCH3 is 1. The Bertz CT molecular complexity index is 448. The van der Waals surface area contributed by atoms with Crippen LogP contribution in [0.2, 0.25) is 0 Å². The molecule has 0 fully saturated rings. The van der Waals surface area contributed by atoms with E-state index in [1.165, 1.54) is 0 Å². The highest BCUT2D eigenvalue weighted by Gasteiger charge is 2.13. The summed E-state index contributed by atoms with van der Waals surface area (Å²) in [6.45, 7) is 5.36. The van der Waals surface area contributed by atoms with Gasteiger partial charge < -0.3 is 20.3 Å². The average Bonchev–Trinajstić information content (AvgIpc) is 2.86. The van der Waals surface area contributed by atoms with E-state index in [-0.39, 0.29) is 11.9 Å². The number of rotatable bonds is 9. The molecule has 0 bridgehead atoms. The largest absolute Gasteiger partial charge is 0.480 e. The third kappa shape index (κ3) is 5.89. The van der Waals surface area contributed by atoms with Crippen molar-refractivity contribution in [3.63, 3.8) is 0 Å². The van der Waals surface area contributed by atoms with Crippen LogP contribution in [0.1, 0.15) is 31.6 Å². The zero-order chi connectivity index (χ0) is 15.8. The molecule has 0 radical (unpaired) electrons. The summed E-state index contributed by atoms with van der Waals surface area (Å²) >= 11 is 1.59. The van der Waals surface area contributed by atoms with Crippen molar-refractivity contribution in [1.82, 2.24) is 15.6 Å². The van der Waals surface area contributed by atoms with Gasteiger partial charge in [0.15, 0.2) is 5.13 Å². The predicted molar refractivity (Wildman–Crippen MR) is 87.2 cm³/mol. The van der Waals surface area contributed by atoms with Gasteiger partial charge >= 0.3 is 0 Å².